The molecule has 2 aromatic rings. The average molecular weight is 461 g/mol. The second kappa shape index (κ2) is 8.68. The van der Waals surface area contributed by atoms with Crippen molar-refractivity contribution in [3.63, 3.8) is 0 Å². The zero-order valence-corrected chi connectivity index (χ0v) is 19.3. The second-order valence-electron chi connectivity index (χ2n) is 8.67. The molecule has 10 heteroatoms. The molecule has 2 aliphatic heterocycles. The number of fused-ring (bicyclic) bond motifs is 4. The van der Waals surface area contributed by atoms with Gasteiger partial charge in [0.05, 0.1) is 18.6 Å². The van der Waals surface area contributed by atoms with Crippen molar-refractivity contribution in [2.24, 2.45) is 5.92 Å². The number of piperidine rings is 1. The molecule has 3 heterocycles. The molecular weight excluding hydrogens is 432 g/mol. The van der Waals surface area contributed by atoms with Gasteiger partial charge in [0, 0.05) is 31.2 Å². The second-order valence-corrected chi connectivity index (χ2v) is 10.6. The molecule has 1 amide bonds. The van der Waals surface area contributed by atoms with Crippen molar-refractivity contribution in [3.05, 3.63) is 52.4 Å². The van der Waals surface area contributed by atoms with E-state index in [0.29, 0.717) is 25.4 Å². The Morgan fingerprint density at radius 2 is 1.84 bits per heavy atom. The van der Waals surface area contributed by atoms with E-state index in [-0.39, 0.29) is 40.4 Å². The Morgan fingerprint density at radius 3 is 2.50 bits per heavy atom. The van der Waals surface area contributed by atoms with Crippen LogP contribution in [0.2, 0.25) is 0 Å². The molecule has 0 radical (unpaired) electrons. The highest BCUT2D eigenvalue weighted by molar-refractivity contribution is 7.89. The quantitative estimate of drug-likeness (QED) is 0.695. The fourth-order valence-corrected chi connectivity index (χ4v) is 6.13. The van der Waals surface area contributed by atoms with Gasteiger partial charge in [-0.05, 0) is 62.8 Å². The number of pyridine rings is 1. The normalized spacial score (nSPS) is 20.6. The number of carbonyl (C=O) groups excluding carboxylic acids is 1. The van der Waals surface area contributed by atoms with Crippen molar-refractivity contribution in [1.82, 2.24) is 13.8 Å². The summed E-state index contributed by atoms with van der Waals surface area (Å²) < 4.78 is 34.8. The van der Waals surface area contributed by atoms with Crippen molar-refractivity contribution < 1.29 is 17.9 Å². The van der Waals surface area contributed by atoms with Gasteiger partial charge in [0.1, 0.15) is 11.4 Å². The van der Waals surface area contributed by atoms with E-state index in [2.05, 4.69) is 5.32 Å². The van der Waals surface area contributed by atoms with Crippen LogP contribution in [0, 0.1) is 5.92 Å². The van der Waals surface area contributed by atoms with Crippen LogP contribution in [0.5, 0.6) is 5.75 Å². The van der Waals surface area contributed by atoms with Gasteiger partial charge >= 0.3 is 0 Å². The van der Waals surface area contributed by atoms with E-state index in [1.165, 1.54) is 11.4 Å². The third-order valence-corrected chi connectivity index (χ3v) is 7.85. The highest BCUT2D eigenvalue weighted by atomic mass is 32.2. The Kier molecular flexibility index (Phi) is 6.11. The van der Waals surface area contributed by atoms with E-state index >= 15 is 0 Å². The zero-order valence-electron chi connectivity index (χ0n) is 18.4. The summed E-state index contributed by atoms with van der Waals surface area (Å²) in [5.74, 6) is 0.302. The number of carbonyl (C=O) groups is 1. The molecule has 2 unspecified atom stereocenters. The van der Waals surface area contributed by atoms with Gasteiger partial charge in [0.2, 0.25) is 15.9 Å². The number of rotatable bonds is 6. The third-order valence-electron chi connectivity index (χ3n) is 6.00. The molecule has 1 fully saturated rings. The summed E-state index contributed by atoms with van der Waals surface area (Å²) in [5.41, 5.74) is 0.825. The van der Waals surface area contributed by atoms with Gasteiger partial charge in [-0.3, -0.25) is 9.59 Å². The summed E-state index contributed by atoms with van der Waals surface area (Å²) >= 11 is 0. The highest BCUT2D eigenvalue weighted by Crippen LogP contribution is 2.37. The van der Waals surface area contributed by atoms with E-state index in [1.54, 1.807) is 53.9 Å². The largest absolute Gasteiger partial charge is 0.497 e. The van der Waals surface area contributed by atoms with Crippen molar-refractivity contribution >= 4 is 21.6 Å². The molecule has 32 heavy (non-hydrogen) atoms. The molecule has 2 atom stereocenters. The molecule has 0 aliphatic carbocycles. The lowest BCUT2D eigenvalue weighted by Crippen LogP contribution is -2.49. The van der Waals surface area contributed by atoms with E-state index in [9.17, 15) is 18.0 Å². The Hall–Kier alpha value is -2.69. The number of aromatic nitrogens is 1. The number of ether oxygens (including phenoxy) is 1. The van der Waals surface area contributed by atoms with Crippen LogP contribution < -0.4 is 15.6 Å². The van der Waals surface area contributed by atoms with Crippen LogP contribution in [0.3, 0.4) is 0 Å². The van der Waals surface area contributed by atoms with Crippen molar-refractivity contribution in [2.45, 2.75) is 23.8 Å². The van der Waals surface area contributed by atoms with Gasteiger partial charge in [-0.2, -0.15) is 4.31 Å². The minimum Gasteiger partial charge on any atom is -0.497 e. The van der Waals surface area contributed by atoms with Crippen molar-refractivity contribution in [1.29, 1.82) is 0 Å². The number of hydrogen-bond acceptors (Lipinski definition) is 6. The standard InChI is InChI=1S/C22H28N4O5S/c1-24(2)14-21(27)23-19-8-9-20-16-10-15(12-26(20)22(19)28)11-25(13-16)32(29,30)18-6-4-17(31-3)5-7-18/h4-9,15-16H,10-14H2,1-3H3,(H,23,27). The number of amides is 1. The van der Waals surface area contributed by atoms with Crippen LogP contribution in [0.4, 0.5) is 5.69 Å². The number of hydrogen-bond donors (Lipinski definition) is 1. The monoisotopic (exact) mass is 460 g/mol. The maximum atomic E-state index is 13.2. The molecule has 0 saturated carbocycles. The summed E-state index contributed by atoms with van der Waals surface area (Å²) in [4.78, 5) is 27.1. The first-order valence-corrected chi connectivity index (χ1v) is 12.0. The van der Waals surface area contributed by atoms with Gasteiger partial charge < -0.3 is 19.5 Å². The maximum Gasteiger partial charge on any atom is 0.274 e. The minimum atomic E-state index is -3.65. The molecular formula is C22H28N4O5S. The van der Waals surface area contributed by atoms with E-state index in [0.717, 1.165) is 12.1 Å². The van der Waals surface area contributed by atoms with Crippen molar-refractivity contribution in [3.8, 4) is 5.75 Å². The van der Waals surface area contributed by atoms with Crippen LogP contribution in [0.25, 0.3) is 0 Å². The Morgan fingerprint density at radius 1 is 1.12 bits per heavy atom. The van der Waals surface area contributed by atoms with Gasteiger partial charge in [0.15, 0.2) is 0 Å². The number of nitrogens with one attached hydrogen (secondary N) is 1. The number of sulfonamides is 1. The number of methoxy groups -OCH3 is 1. The van der Waals surface area contributed by atoms with Crippen LogP contribution >= 0.6 is 0 Å². The fraction of sp³-hybridized carbons (Fsp3) is 0.455. The molecule has 9 nitrogen and oxygen atoms in total. The molecule has 0 spiro atoms. The van der Waals surface area contributed by atoms with Gasteiger partial charge in [-0.1, -0.05) is 0 Å². The lowest BCUT2D eigenvalue weighted by atomic mass is 9.84. The van der Waals surface area contributed by atoms with Crippen molar-refractivity contribution in [2.75, 3.05) is 46.2 Å². The van der Waals surface area contributed by atoms with Gasteiger partial charge in [-0.25, -0.2) is 8.42 Å². The van der Waals surface area contributed by atoms with Crippen LogP contribution in [0.1, 0.15) is 18.0 Å². The molecule has 172 valence electrons. The molecule has 2 bridgehead atoms. The Labute approximate surface area is 187 Å². The Balaban J connectivity index is 1.58. The first kappa shape index (κ1) is 22.5. The molecule has 1 aromatic carbocycles. The molecule has 1 aromatic heterocycles. The lowest BCUT2D eigenvalue weighted by molar-refractivity contribution is -0.116. The summed E-state index contributed by atoms with van der Waals surface area (Å²) in [6.07, 6.45) is 0.834. The summed E-state index contributed by atoms with van der Waals surface area (Å²) in [7, 11) is 1.45. The predicted octanol–water partition coefficient (Wildman–Crippen LogP) is 1.17. The number of nitrogens with zero attached hydrogens (tertiary/aromatic N) is 3. The SMILES string of the molecule is COc1ccc(S(=O)(=O)N2CC3CC(C2)c2ccc(NC(=O)CN(C)C)c(=O)n2C3)cc1. The van der Waals surface area contributed by atoms with Crippen LogP contribution in [-0.4, -0.2) is 68.9 Å². The van der Waals surface area contributed by atoms with Gasteiger partial charge in [-0.15, -0.1) is 0 Å². The first-order valence-electron chi connectivity index (χ1n) is 10.5. The fourth-order valence-electron chi connectivity index (χ4n) is 4.57. The molecule has 2 aliphatic rings. The molecule has 4 rings (SSSR count). The summed E-state index contributed by atoms with van der Waals surface area (Å²) in [6.45, 7) is 1.28. The van der Waals surface area contributed by atoms with Gasteiger partial charge in [0.25, 0.3) is 5.56 Å². The predicted molar refractivity (Wildman–Crippen MR) is 120 cm³/mol. The smallest absolute Gasteiger partial charge is 0.274 e. The van der Waals surface area contributed by atoms with Crippen LogP contribution in [0.15, 0.2) is 46.1 Å². The first-order chi connectivity index (χ1) is 15.2. The van der Waals surface area contributed by atoms with E-state index < -0.39 is 10.0 Å². The summed E-state index contributed by atoms with van der Waals surface area (Å²) in [6, 6.07) is 9.84. The minimum absolute atomic E-state index is 0.0275. The highest BCUT2D eigenvalue weighted by Gasteiger charge is 2.39. The number of anilines is 1. The lowest BCUT2D eigenvalue weighted by Gasteiger charge is -2.42. The van der Waals surface area contributed by atoms with Crippen LogP contribution in [-0.2, 0) is 21.4 Å². The molecule has 1 N–H and O–H groups in total. The topological polar surface area (TPSA) is 101 Å². The Bertz CT molecular complexity index is 1170. The zero-order chi connectivity index (χ0) is 23.0. The maximum absolute atomic E-state index is 13.2. The van der Waals surface area contributed by atoms with E-state index in [1.807, 2.05) is 6.07 Å². The molecule has 1 saturated heterocycles. The number of likely N-dealkylation sites (N-methyl/N-ethyl adjacent to an activating group) is 1. The summed E-state index contributed by atoms with van der Waals surface area (Å²) in [5, 5.41) is 2.69. The third kappa shape index (κ3) is 4.30. The average Bonchev–Trinajstić information content (AvgIpc) is 2.75. The number of benzene rings is 1. The van der Waals surface area contributed by atoms with E-state index in [4.69, 9.17) is 4.74 Å².